The van der Waals surface area contributed by atoms with E-state index in [2.05, 4.69) is 5.32 Å². The highest BCUT2D eigenvalue weighted by molar-refractivity contribution is 6.28. The van der Waals surface area contributed by atoms with Crippen LogP contribution in [-0.4, -0.2) is 29.3 Å². The Balaban J connectivity index is 1.65. The Morgan fingerprint density at radius 2 is 1.31 bits per heavy atom. The standard InChI is InChI=1S/C31H26Cl2F3N3O3/c32-38(26(17-40)19-7-3-1-4-8-19)23-15-24-29(25(16-23)39(33)27(18-41)20-9-5-2-6-10-20)28(30(42)37-24)21-11-13-22(14-12-21)31(34,35)36/h1-16,26-28,40-41H,17-18H2,(H,37,42)/t26-,27-,28?/m1/s1. The van der Waals surface area contributed by atoms with Crippen molar-refractivity contribution in [1.29, 1.82) is 0 Å². The highest BCUT2D eigenvalue weighted by Crippen LogP contribution is 2.49. The summed E-state index contributed by atoms with van der Waals surface area (Å²) in [4.78, 5) is 13.4. The number of anilines is 3. The van der Waals surface area contributed by atoms with Crippen LogP contribution in [0.5, 0.6) is 0 Å². The van der Waals surface area contributed by atoms with Gasteiger partial charge < -0.3 is 15.5 Å². The maximum Gasteiger partial charge on any atom is 0.416 e. The number of hydrogen-bond acceptors (Lipinski definition) is 5. The number of aliphatic hydroxyl groups is 2. The van der Waals surface area contributed by atoms with E-state index in [1.807, 2.05) is 36.4 Å². The monoisotopic (exact) mass is 615 g/mol. The summed E-state index contributed by atoms with van der Waals surface area (Å²) < 4.78 is 42.4. The molecule has 0 aromatic heterocycles. The molecule has 0 bridgehead atoms. The molecule has 6 nitrogen and oxygen atoms in total. The molecule has 0 saturated heterocycles. The number of nitrogens with zero attached hydrogens (tertiary/aromatic N) is 2. The van der Waals surface area contributed by atoms with Gasteiger partial charge in [0.25, 0.3) is 0 Å². The number of fused-ring (bicyclic) bond motifs is 1. The molecule has 0 saturated carbocycles. The van der Waals surface area contributed by atoms with Crippen molar-refractivity contribution in [2.75, 3.05) is 27.4 Å². The van der Waals surface area contributed by atoms with Crippen LogP contribution in [0.2, 0.25) is 0 Å². The fourth-order valence-corrected chi connectivity index (χ4v) is 5.75. The van der Waals surface area contributed by atoms with Crippen molar-refractivity contribution in [3.63, 3.8) is 0 Å². The molecule has 1 amide bonds. The SMILES string of the molecule is O=C1Nc2cc(N(Cl)[C@H](CO)c3ccccc3)cc(N(Cl)[C@H](CO)c3ccccc3)c2C1c1ccc(C(F)(F)F)cc1. The van der Waals surface area contributed by atoms with Crippen LogP contribution in [0.25, 0.3) is 0 Å². The fourth-order valence-electron chi connectivity index (χ4n) is 5.16. The number of carbonyl (C=O) groups excluding carboxylic acids is 1. The Hall–Kier alpha value is -3.76. The Labute approximate surface area is 250 Å². The van der Waals surface area contributed by atoms with Gasteiger partial charge in [-0.25, -0.2) is 0 Å². The van der Waals surface area contributed by atoms with Gasteiger partial charge in [-0.15, -0.1) is 0 Å². The van der Waals surface area contributed by atoms with Gasteiger partial charge >= 0.3 is 6.18 Å². The van der Waals surface area contributed by atoms with Gasteiger partial charge in [0.1, 0.15) is 0 Å². The number of amides is 1. The first-order valence-electron chi connectivity index (χ1n) is 13.0. The smallest absolute Gasteiger partial charge is 0.394 e. The van der Waals surface area contributed by atoms with Crippen LogP contribution < -0.4 is 14.2 Å². The number of aliphatic hydroxyl groups excluding tert-OH is 2. The van der Waals surface area contributed by atoms with Crippen molar-refractivity contribution < 1.29 is 28.2 Å². The van der Waals surface area contributed by atoms with Crippen LogP contribution in [0.4, 0.5) is 30.2 Å². The minimum absolute atomic E-state index is 0.311. The molecule has 5 rings (SSSR count). The van der Waals surface area contributed by atoms with Gasteiger partial charge in [0, 0.05) is 34.8 Å². The zero-order chi connectivity index (χ0) is 30.0. The predicted octanol–water partition coefficient (Wildman–Crippen LogP) is 7.18. The van der Waals surface area contributed by atoms with Gasteiger partial charge in [-0.1, -0.05) is 72.8 Å². The summed E-state index contributed by atoms with van der Waals surface area (Å²) in [5.74, 6) is -1.45. The van der Waals surface area contributed by atoms with E-state index in [0.717, 1.165) is 17.7 Å². The molecule has 1 unspecified atom stereocenters. The van der Waals surface area contributed by atoms with Gasteiger partial charge in [-0.3, -0.25) is 13.6 Å². The van der Waals surface area contributed by atoms with E-state index in [0.29, 0.717) is 33.8 Å². The second-order valence-electron chi connectivity index (χ2n) is 9.81. The molecule has 3 N–H and O–H groups in total. The van der Waals surface area contributed by atoms with Gasteiger partial charge in [0.05, 0.1) is 48.2 Å². The first kappa shape index (κ1) is 29.7. The van der Waals surface area contributed by atoms with Gasteiger partial charge in [-0.05, 0) is 41.0 Å². The van der Waals surface area contributed by atoms with Crippen molar-refractivity contribution >= 4 is 46.5 Å². The van der Waals surface area contributed by atoms with Crippen molar-refractivity contribution in [2.24, 2.45) is 0 Å². The van der Waals surface area contributed by atoms with E-state index < -0.39 is 35.6 Å². The Bertz CT molecular complexity index is 1540. The molecule has 0 aliphatic carbocycles. The second kappa shape index (κ2) is 12.2. The molecule has 1 aliphatic heterocycles. The van der Waals surface area contributed by atoms with E-state index in [-0.39, 0.29) is 13.2 Å². The summed E-state index contributed by atoms with van der Waals surface area (Å²) in [6, 6.07) is 24.4. The number of hydrogen-bond donors (Lipinski definition) is 3. The predicted molar refractivity (Wildman–Crippen MR) is 158 cm³/mol. The molecule has 0 fully saturated rings. The number of benzene rings is 4. The molecule has 0 radical (unpaired) electrons. The molecule has 42 heavy (non-hydrogen) atoms. The van der Waals surface area contributed by atoms with Crippen LogP contribution in [0.3, 0.4) is 0 Å². The van der Waals surface area contributed by atoms with Crippen LogP contribution in [-0.2, 0) is 11.0 Å². The van der Waals surface area contributed by atoms with Crippen molar-refractivity contribution in [3.05, 3.63) is 125 Å². The van der Waals surface area contributed by atoms with E-state index in [4.69, 9.17) is 23.6 Å². The van der Waals surface area contributed by atoms with Crippen molar-refractivity contribution in [2.45, 2.75) is 24.2 Å². The first-order valence-corrected chi connectivity index (χ1v) is 13.7. The van der Waals surface area contributed by atoms with E-state index in [1.54, 1.807) is 36.4 Å². The van der Waals surface area contributed by atoms with Crippen molar-refractivity contribution in [1.82, 2.24) is 0 Å². The van der Waals surface area contributed by atoms with E-state index >= 15 is 0 Å². The fraction of sp³-hybridized carbons (Fsp3) is 0.194. The minimum atomic E-state index is -4.53. The average molecular weight is 616 g/mol. The van der Waals surface area contributed by atoms with E-state index in [9.17, 15) is 28.2 Å². The third-order valence-electron chi connectivity index (χ3n) is 7.26. The van der Waals surface area contributed by atoms with Crippen LogP contribution >= 0.6 is 23.6 Å². The van der Waals surface area contributed by atoms with Crippen LogP contribution in [0, 0.1) is 0 Å². The maximum atomic E-state index is 13.4. The summed E-state index contributed by atoms with van der Waals surface area (Å²) in [7, 11) is 0. The number of alkyl halides is 3. The average Bonchev–Trinajstić information content (AvgIpc) is 3.33. The summed E-state index contributed by atoms with van der Waals surface area (Å²) in [5.41, 5.74) is 2.39. The lowest BCUT2D eigenvalue weighted by Gasteiger charge is -2.31. The lowest BCUT2D eigenvalue weighted by atomic mass is 9.90. The molecule has 4 aromatic carbocycles. The number of halogens is 5. The molecule has 1 aliphatic rings. The molecule has 1 heterocycles. The Kier molecular flexibility index (Phi) is 8.65. The maximum absolute atomic E-state index is 13.4. The first-order chi connectivity index (χ1) is 20.1. The highest BCUT2D eigenvalue weighted by Gasteiger charge is 2.39. The molecule has 0 spiro atoms. The number of carbonyl (C=O) groups is 1. The minimum Gasteiger partial charge on any atom is -0.394 e. The van der Waals surface area contributed by atoms with Crippen molar-refractivity contribution in [3.8, 4) is 0 Å². The second-order valence-corrected chi connectivity index (χ2v) is 10.5. The van der Waals surface area contributed by atoms with Gasteiger partial charge in [0.15, 0.2) is 0 Å². The quantitative estimate of drug-likeness (QED) is 0.174. The third-order valence-corrected chi connectivity index (χ3v) is 8.11. The van der Waals surface area contributed by atoms with Gasteiger partial charge in [-0.2, -0.15) is 13.2 Å². The number of nitrogens with one attached hydrogen (secondary N) is 1. The highest BCUT2D eigenvalue weighted by atomic mass is 35.5. The summed E-state index contributed by atoms with van der Waals surface area (Å²) in [5, 5.41) is 23.4. The molecule has 218 valence electrons. The van der Waals surface area contributed by atoms with Gasteiger partial charge in [0.2, 0.25) is 5.91 Å². The molecule has 11 heteroatoms. The van der Waals surface area contributed by atoms with Crippen LogP contribution in [0.15, 0.2) is 97.1 Å². The molecular formula is C31H26Cl2F3N3O3. The lowest BCUT2D eigenvalue weighted by molar-refractivity contribution is -0.137. The normalized spacial score (nSPS) is 16.0. The summed E-state index contributed by atoms with van der Waals surface area (Å²) >= 11 is 13.8. The Morgan fingerprint density at radius 1 is 0.786 bits per heavy atom. The molecule has 4 aromatic rings. The topological polar surface area (TPSA) is 76.0 Å². The zero-order valence-electron chi connectivity index (χ0n) is 22.0. The molecule has 3 atom stereocenters. The largest absolute Gasteiger partial charge is 0.416 e. The lowest BCUT2D eigenvalue weighted by Crippen LogP contribution is -2.25. The Morgan fingerprint density at radius 3 is 1.81 bits per heavy atom. The van der Waals surface area contributed by atoms with Crippen LogP contribution in [0.1, 0.15) is 45.8 Å². The molecular weight excluding hydrogens is 590 g/mol. The zero-order valence-corrected chi connectivity index (χ0v) is 23.5. The van der Waals surface area contributed by atoms with E-state index in [1.165, 1.54) is 21.0 Å². The third kappa shape index (κ3) is 5.78. The number of rotatable bonds is 9. The summed E-state index contributed by atoms with van der Waals surface area (Å²) in [6.45, 7) is -0.707. The summed E-state index contributed by atoms with van der Waals surface area (Å²) in [6.07, 6.45) is -4.53.